The highest BCUT2D eigenvalue weighted by Gasteiger charge is 2.01. The number of aromatic nitrogens is 3. The second-order valence-corrected chi connectivity index (χ2v) is 2.63. The van der Waals surface area contributed by atoms with Crippen LogP contribution in [0.5, 0.6) is 0 Å². The number of aryl methyl sites for hydroxylation is 2. The van der Waals surface area contributed by atoms with Crippen molar-refractivity contribution < 1.29 is 4.79 Å². The Kier molecular flexibility index (Phi) is 2.73. The van der Waals surface area contributed by atoms with Crippen LogP contribution >= 0.6 is 0 Å². The quantitative estimate of drug-likeness (QED) is 0.648. The second-order valence-electron chi connectivity index (χ2n) is 2.63. The first-order valence-corrected chi connectivity index (χ1v) is 3.79. The molecule has 0 aliphatic carbocycles. The summed E-state index contributed by atoms with van der Waals surface area (Å²) in [6, 6.07) is 0. The molecule has 1 amide bonds. The number of rotatable bonds is 3. The Morgan fingerprint density at radius 3 is 2.62 bits per heavy atom. The molecule has 0 atom stereocenters. The fraction of sp³-hybridized carbons (Fsp3) is 0.429. The van der Waals surface area contributed by atoms with Crippen LogP contribution in [0.3, 0.4) is 0 Å². The van der Waals surface area contributed by atoms with Gasteiger partial charge >= 0.3 is 0 Å². The molecule has 70 valence electrons. The van der Waals surface area contributed by atoms with Gasteiger partial charge in [-0.05, 0) is 13.8 Å². The molecule has 0 spiro atoms. The minimum Gasteiger partial charge on any atom is -0.368 e. The van der Waals surface area contributed by atoms with Gasteiger partial charge in [0.2, 0.25) is 11.9 Å². The summed E-state index contributed by atoms with van der Waals surface area (Å²) in [5.41, 5.74) is 6.48. The molecule has 0 aliphatic rings. The van der Waals surface area contributed by atoms with Gasteiger partial charge in [0.1, 0.15) is 0 Å². The Hall–Kier alpha value is -1.72. The van der Waals surface area contributed by atoms with Crippen LogP contribution in [0.25, 0.3) is 0 Å². The summed E-state index contributed by atoms with van der Waals surface area (Å²) in [6.45, 7) is 3.65. The standard InChI is InChI=1S/C7H11N5O/c1-4-5(2)11-12-7(10-4)9-3-6(8)13/h3H2,1-2H3,(H2,8,13)(H,9,10,12). The first-order valence-electron chi connectivity index (χ1n) is 3.79. The van der Waals surface area contributed by atoms with Crippen molar-refractivity contribution in [3.05, 3.63) is 11.4 Å². The molecule has 0 saturated heterocycles. The highest BCUT2D eigenvalue weighted by atomic mass is 16.1. The number of nitrogens with two attached hydrogens (primary N) is 1. The van der Waals surface area contributed by atoms with Crippen molar-refractivity contribution in [3.8, 4) is 0 Å². The molecule has 0 aromatic carbocycles. The number of carbonyl (C=O) groups is 1. The van der Waals surface area contributed by atoms with E-state index in [2.05, 4.69) is 20.5 Å². The highest BCUT2D eigenvalue weighted by molar-refractivity contribution is 5.78. The third-order valence-corrected chi connectivity index (χ3v) is 1.51. The molecule has 1 aromatic rings. The first kappa shape index (κ1) is 9.37. The van der Waals surface area contributed by atoms with Crippen molar-refractivity contribution in [1.82, 2.24) is 15.2 Å². The van der Waals surface area contributed by atoms with Gasteiger partial charge in [-0.3, -0.25) is 4.79 Å². The van der Waals surface area contributed by atoms with Gasteiger partial charge in [-0.2, -0.15) is 5.10 Å². The third kappa shape index (κ3) is 2.66. The number of hydrogen-bond donors (Lipinski definition) is 2. The van der Waals surface area contributed by atoms with Crippen LogP contribution in [-0.2, 0) is 4.79 Å². The van der Waals surface area contributed by atoms with Gasteiger partial charge in [0.25, 0.3) is 0 Å². The summed E-state index contributed by atoms with van der Waals surface area (Å²) in [6.07, 6.45) is 0. The lowest BCUT2D eigenvalue weighted by molar-refractivity contribution is -0.116. The number of nitrogens with zero attached hydrogens (tertiary/aromatic N) is 3. The normalized spacial score (nSPS) is 9.69. The molecule has 0 fully saturated rings. The number of nitrogens with one attached hydrogen (secondary N) is 1. The van der Waals surface area contributed by atoms with E-state index in [4.69, 9.17) is 5.73 Å². The van der Waals surface area contributed by atoms with Gasteiger partial charge in [-0.15, -0.1) is 5.10 Å². The van der Waals surface area contributed by atoms with E-state index < -0.39 is 5.91 Å². The molecule has 13 heavy (non-hydrogen) atoms. The summed E-state index contributed by atoms with van der Waals surface area (Å²) in [5.74, 6) is -0.135. The summed E-state index contributed by atoms with van der Waals surface area (Å²) in [4.78, 5) is 14.5. The van der Waals surface area contributed by atoms with Crippen LogP contribution in [-0.4, -0.2) is 27.6 Å². The average molecular weight is 181 g/mol. The molecule has 0 radical (unpaired) electrons. The molecule has 1 rings (SSSR count). The van der Waals surface area contributed by atoms with Gasteiger partial charge in [-0.1, -0.05) is 0 Å². The number of hydrogen-bond acceptors (Lipinski definition) is 5. The molecule has 0 bridgehead atoms. The number of primary amides is 1. The van der Waals surface area contributed by atoms with Crippen molar-refractivity contribution in [2.45, 2.75) is 13.8 Å². The fourth-order valence-corrected chi connectivity index (χ4v) is 0.698. The van der Waals surface area contributed by atoms with Crippen LogP contribution in [0, 0.1) is 13.8 Å². The van der Waals surface area contributed by atoms with Gasteiger partial charge in [0.05, 0.1) is 17.9 Å². The van der Waals surface area contributed by atoms with Gasteiger partial charge in [0, 0.05) is 0 Å². The van der Waals surface area contributed by atoms with Crippen molar-refractivity contribution in [1.29, 1.82) is 0 Å². The van der Waals surface area contributed by atoms with E-state index in [0.29, 0.717) is 5.95 Å². The van der Waals surface area contributed by atoms with E-state index in [1.165, 1.54) is 0 Å². The number of amides is 1. The van der Waals surface area contributed by atoms with Crippen molar-refractivity contribution >= 4 is 11.9 Å². The Morgan fingerprint density at radius 2 is 2.08 bits per heavy atom. The zero-order valence-corrected chi connectivity index (χ0v) is 7.53. The summed E-state index contributed by atoms with van der Waals surface area (Å²) >= 11 is 0. The van der Waals surface area contributed by atoms with E-state index >= 15 is 0 Å². The van der Waals surface area contributed by atoms with Crippen LogP contribution < -0.4 is 11.1 Å². The minimum atomic E-state index is -0.457. The Morgan fingerprint density at radius 1 is 1.38 bits per heavy atom. The van der Waals surface area contributed by atoms with Crippen LogP contribution in [0.15, 0.2) is 0 Å². The largest absolute Gasteiger partial charge is 0.368 e. The fourth-order valence-electron chi connectivity index (χ4n) is 0.698. The van der Waals surface area contributed by atoms with Gasteiger partial charge in [0.15, 0.2) is 0 Å². The summed E-state index contributed by atoms with van der Waals surface area (Å²) in [5, 5.41) is 10.2. The average Bonchev–Trinajstić information content (AvgIpc) is 2.07. The van der Waals surface area contributed by atoms with Crippen molar-refractivity contribution in [3.63, 3.8) is 0 Å². The molecule has 6 heteroatoms. The lowest BCUT2D eigenvalue weighted by atomic mass is 10.4. The Balaban J connectivity index is 2.68. The topological polar surface area (TPSA) is 93.8 Å². The molecule has 1 aromatic heterocycles. The van der Waals surface area contributed by atoms with Crippen LogP contribution in [0.2, 0.25) is 0 Å². The maximum atomic E-state index is 10.4. The maximum absolute atomic E-state index is 10.4. The molecule has 3 N–H and O–H groups in total. The lowest BCUT2D eigenvalue weighted by Gasteiger charge is -2.02. The first-order chi connectivity index (χ1) is 6.09. The van der Waals surface area contributed by atoms with E-state index in [1.807, 2.05) is 13.8 Å². The molecule has 0 aliphatic heterocycles. The lowest BCUT2D eigenvalue weighted by Crippen LogP contribution is -2.23. The van der Waals surface area contributed by atoms with Gasteiger partial charge in [-0.25, -0.2) is 4.98 Å². The zero-order chi connectivity index (χ0) is 9.84. The predicted molar refractivity (Wildman–Crippen MR) is 47.0 cm³/mol. The predicted octanol–water partition coefficient (Wildman–Crippen LogP) is -0.614. The van der Waals surface area contributed by atoms with E-state index in [-0.39, 0.29) is 6.54 Å². The Bertz CT molecular complexity index is 325. The van der Waals surface area contributed by atoms with E-state index in [1.54, 1.807) is 0 Å². The van der Waals surface area contributed by atoms with E-state index in [9.17, 15) is 4.79 Å². The molecular formula is C7H11N5O. The second kappa shape index (κ2) is 3.79. The molecule has 1 heterocycles. The molecule has 0 unspecified atom stereocenters. The molecule has 0 saturated carbocycles. The third-order valence-electron chi connectivity index (χ3n) is 1.51. The number of carbonyl (C=O) groups excluding carboxylic acids is 1. The smallest absolute Gasteiger partial charge is 0.243 e. The monoisotopic (exact) mass is 181 g/mol. The minimum absolute atomic E-state index is 0.0180. The van der Waals surface area contributed by atoms with Gasteiger partial charge < -0.3 is 11.1 Å². The summed E-state index contributed by atoms with van der Waals surface area (Å²) < 4.78 is 0. The van der Waals surface area contributed by atoms with Crippen LogP contribution in [0.4, 0.5) is 5.95 Å². The SMILES string of the molecule is Cc1nnc(NCC(N)=O)nc1C. The zero-order valence-electron chi connectivity index (χ0n) is 7.53. The van der Waals surface area contributed by atoms with Crippen molar-refractivity contribution in [2.24, 2.45) is 5.73 Å². The highest BCUT2D eigenvalue weighted by Crippen LogP contribution is 2.00. The van der Waals surface area contributed by atoms with E-state index in [0.717, 1.165) is 11.4 Å². The maximum Gasteiger partial charge on any atom is 0.243 e. The summed E-state index contributed by atoms with van der Waals surface area (Å²) in [7, 11) is 0. The molecular weight excluding hydrogens is 170 g/mol. The Labute approximate surface area is 75.6 Å². The van der Waals surface area contributed by atoms with Crippen LogP contribution in [0.1, 0.15) is 11.4 Å². The number of anilines is 1. The molecule has 6 nitrogen and oxygen atoms in total. The van der Waals surface area contributed by atoms with Crippen molar-refractivity contribution in [2.75, 3.05) is 11.9 Å².